The molecular formula is C14H17NO. The molecule has 0 aliphatic carbocycles. The van der Waals surface area contributed by atoms with Gasteiger partial charge in [-0.2, -0.15) is 0 Å². The third-order valence-corrected chi connectivity index (χ3v) is 2.26. The summed E-state index contributed by atoms with van der Waals surface area (Å²) < 4.78 is 5.92. The van der Waals surface area contributed by atoms with Crippen LogP contribution in [0.25, 0.3) is 10.8 Å². The molecule has 2 nitrogen and oxygen atoms in total. The molecule has 0 unspecified atom stereocenters. The van der Waals surface area contributed by atoms with Gasteiger partial charge in [0.15, 0.2) is 0 Å². The van der Waals surface area contributed by atoms with E-state index < -0.39 is 0 Å². The van der Waals surface area contributed by atoms with E-state index >= 15 is 0 Å². The molecule has 2 aromatic carbocycles. The van der Waals surface area contributed by atoms with Crippen LogP contribution >= 0.6 is 0 Å². The summed E-state index contributed by atoms with van der Waals surface area (Å²) in [5, 5.41) is 2.22. The monoisotopic (exact) mass is 215 g/mol. The highest BCUT2D eigenvalue weighted by Gasteiger charge is 2.14. The van der Waals surface area contributed by atoms with Gasteiger partial charge in [0.1, 0.15) is 11.4 Å². The lowest BCUT2D eigenvalue weighted by Gasteiger charge is -2.22. The molecule has 2 N–H and O–H groups in total. The highest BCUT2D eigenvalue weighted by atomic mass is 16.5. The zero-order chi connectivity index (χ0) is 11.8. The molecule has 84 valence electrons. The van der Waals surface area contributed by atoms with Crippen LogP contribution in [0.4, 0.5) is 5.69 Å². The maximum absolute atomic E-state index is 5.92. The number of rotatable bonds is 1. The number of benzene rings is 2. The lowest BCUT2D eigenvalue weighted by molar-refractivity contribution is 0.133. The van der Waals surface area contributed by atoms with Crippen LogP contribution in [-0.4, -0.2) is 5.60 Å². The molecule has 0 heterocycles. The highest BCUT2D eigenvalue weighted by molar-refractivity contribution is 5.91. The van der Waals surface area contributed by atoms with Gasteiger partial charge in [-0.15, -0.1) is 0 Å². The minimum absolute atomic E-state index is 0.212. The minimum Gasteiger partial charge on any atom is -0.487 e. The number of ether oxygens (including phenoxy) is 1. The third kappa shape index (κ3) is 2.27. The van der Waals surface area contributed by atoms with E-state index in [4.69, 9.17) is 10.5 Å². The van der Waals surface area contributed by atoms with Gasteiger partial charge in [-0.1, -0.05) is 24.3 Å². The number of fused-ring (bicyclic) bond motifs is 1. The fourth-order valence-corrected chi connectivity index (χ4v) is 1.71. The van der Waals surface area contributed by atoms with Gasteiger partial charge in [0.05, 0.1) is 0 Å². The fourth-order valence-electron chi connectivity index (χ4n) is 1.71. The zero-order valence-corrected chi connectivity index (χ0v) is 9.95. The Morgan fingerprint density at radius 3 is 2.44 bits per heavy atom. The second-order valence-corrected chi connectivity index (χ2v) is 4.95. The first-order valence-corrected chi connectivity index (χ1v) is 5.43. The Morgan fingerprint density at radius 1 is 1.06 bits per heavy atom. The predicted molar refractivity (Wildman–Crippen MR) is 68.7 cm³/mol. The standard InChI is InChI=1S/C14H17NO/c1-14(2,3)16-13-9-11(15)8-10-6-4-5-7-12(10)13/h4-9H,15H2,1-3H3. The van der Waals surface area contributed by atoms with Gasteiger partial charge >= 0.3 is 0 Å². The van der Waals surface area contributed by atoms with Crippen LogP contribution in [-0.2, 0) is 0 Å². The van der Waals surface area contributed by atoms with Gasteiger partial charge in [-0.05, 0) is 32.2 Å². The number of anilines is 1. The van der Waals surface area contributed by atoms with Gasteiger partial charge in [0.25, 0.3) is 0 Å². The Morgan fingerprint density at radius 2 is 1.75 bits per heavy atom. The molecule has 0 spiro atoms. The molecule has 0 aromatic heterocycles. The Bertz CT molecular complexity index is 512. The van der Waals surface area contributed by atoms with Crippen molar-refractivity contribution in [2.24, 2.45) is 0 Å². The van der Waals surface area contributed by atoms with Crippen molar-refractivity contribution in [3.8, 4) is 5.75 Å². The molecule has 2 rings (SSSR count). The Balaban J connectivity index is 2.59. The lowest BCUT2D eigenvalue weighted by atomic mass is 10.1. The first-order chi connectivity index (χ1) is 7.46. The van der Waals surface area contributed by atoms with Crippen molar-refractivity contribution in [2.75, 3.05) is 5.73 Å². The van der Waals surface area contributed by atoms with Crippen LogP contribution in [0.2, 0.25) is 0 Å². The molecule has 2 heteroatoms. The summed E-state index contributed by atoms with van der Waals surface area (Å²) in [6.07, 6.45) is 0. The van der Waals surface area contributed by atoms with Crippen LogP contribution in [0.15, 0.2) is 36.4 Å². The Kier molecular flexibility index (Phi) is 2.50. The Labute approximate surface area is 96.0 Å². The third-order valence-electron chi connectivity index (χ3n) is 2.26. The number of nitrogen functional groups attached to an aromatic ring is 1. The average molecular weight is 215 g/mol. The molecule has 0 radical (unpaired) electrons. The number of hydrogen-bond donors (Lipinski definition) is 1. The van der Waals surface area contributed by atoms with E-state index in [0.717, 1.165) is 22.2 Å². The van der Waals surface area contributed by atoms with E-state index in [1.165, 1.54) is 0 Å². The van der Waals surface area contributed by atoms with Crippen molar-refractivity contribution in [1.29, 1.82) is 0 Å². The second-order valence-electron chi connectivity index (χ2n) is 4.95. The van der Waals surface area contributed by atoms with Crippen molar-refractivity contribution >= 4 is 16.5 Å². The normalized spacial score (nSPS) is 11.7. The summed E-state index contributed by atoms with van der Waals surface area (Å²) in [6.45, 7) is 6.10. The van der Waals surface area contributed by atoms with Crippen LogP contribution in [0, 0.1) is 0 Å². The first kappa shape index (κ1) is 10.8. The molecule has 2 aromatic rings. The molecule has 0 aliphatic heterocycles. The van der Waals surface area contributed by atoms with Crippen molar-refractivity contribution in [2.45, 2.75) is 26.4 Å². The predicted octanol–water partition coefficient (Wildman–Crippen LogP) is 3.60. The van der Waals surface area contributed by atoms with Crippen molar-refractivity contribution in [3.05, 3.63) is 36.4 Å². The topological polar surface area (TPSA) is 35.2 Å². The maximum atomic E-state index is 5.92. The van der Waals surface area contributed by atoms with Gasteiger partial charge in [0.2, 0.25) is 0 Å². The van der Waals surface area contributed by atoms with Crippen LogP contribution in [0.3, 0.4) is 0 Å². The van der Waals surface area contributed by atoms with Crippen molar-refractivity contribution in [1.82, 2.24) is 0 Å². The molecule has 0 fully saturated rings. The lowest BCUT2D eigenvalue weighted by Crippen LogP contribution is -2.23. The van der Waals surface area contributed by atoms with E-state index in [-0.39, 0.29) is 5.60 Å². The van der Waals surface area contributed by atoms with Gasteiger partial charge in [-0.25, -0.2) is 0 Å². The molecular weight excluding hydrogens is 198 g/mol. The SMILES string of the molecule is CC(C)(C)Oc1cc(N)cc2ccccc12. The average Bonchev–Trinajstić information content (AvgIpc) is 2.14. The van der Waals surface area contributed by atoms with Crippen molar-refractivity contribution < 1.29 is 4.74 Å². The molecule has 0 amide bonds. The van der Waals surface area contributed by atoms with Gasteiger partial charge < -0.3 is 10.5 Å². The van der Waals surface area contributed by atoms with Crippen molar-refractivity contribution in [3.63, 3.8) is 0 Å². The van der Waals surface area contributed by atoms with Crippen LogP contribution in [0.5, 0.6) is 5.75 Å². The summed E-state index contributed by atoms with van der Waals surface area (Å²) in [4.78, 5) is 0. The summed E-state index contributed by atoms with van der Waals surface area (Å²) in [7, 11) is 0. The molecule has 16 heavy (non-hydrogen) atoms. The first-order valence-electron chi connectivity index (χ1n) is 5.43. The summed E-state index contributed by atoms with van der Waals surface area (Å²) >= 11 is 0. The van der Waals surface area contributed by atoms with E-state index in [9.17, 15) is 0 Å². The van der Waals surface area contributed by atoms with E-state index in [1.54, 1.807) is 0 Å². The summed E-state index contributed by atoms with van der Waals surface area (Å²) in [5.74, 6) is 0.850. The molecule has 0 bridgehead atoms. The molecule has 0 saturated carbocycles. The smallest absolute Gasteiger partial charge is 0.129 e. The Hall–Kier alpha value is -1.70. The molecule has 0 saturated heterocycles. The van der Waals surface area contributed by atoms with Gasteiger partial charge in [0, 0.05) is 17.1 Å². The van der Waals surface area contributed by atoms with E-state index in [1.807, 2.05) is 51.1 Å². The quantitative estimate of drug-likeness (QED) is 0.738. The maximum Gasteiger partial charge on any atom is 0.129 e. The number of nitrogens with two attached hydrogens (primary N) is 1. The summed E-state index contributed by atoms with van der Waals surface area (Å²) in [5.41, 5.74) is 6.39. The summed E-state index contributed by atoms with van der Waals surface area (Å²) in [6, 6.07) is 12.0. The number of hydrogen-bond acceptors (Lipinski definition) is 2. The van der Waals surface area contributed by atoms with Gasteiger partial charge in [-0.3, -0.25) is 0 Å². The highest BCUT2D eigenvalue weighted by Crippen LogP contribution is 2.31. The van der Waals surface area contributed by atoms with Crippen LogP contribution in [0.1, 0.15) is 20.8 Å². The molecule has 0 aliphatic rings. The zero-order valence-electron chi connectivity index (χ0n) is 9.95. The fraction of sp³-hybridized carbons (Fsp3) is 0.286. The minimum atomic E-state index is -0.212. The largest absolute Gasteiger partial charge is 0.487 e. The second kappa shape index (κ2) is 3.71. The van der Waals surface area contributed by atoms with Crippen LogP contribution < -0.4 is 10.5 Å². The van der Waals surface area contributed by atoms with E-state index in [0.29, 0.717) is 0 Å². The van der Waals surface area contributed by atoms with E-state index in [2.05, 4.69) is 6.07 Å². The molecule has 0 atom stereocenters.